The molecular weight excluding hydrogens is 402 g/mol. The number of fused-ring (bicyclic) bond motifs is 2. The third-order valence-corrected chi connectivity index (χ3v) is 7.25. The van der Waals surface area contributed by atoms with Crippen molar-refractivity contribution in [2.24, 2.45) is 0 Å². The molecule has 1 aromatic heterocycles. The van der Waals surface area contributed by atoms with Crippen molar-refractivity contribution < 1.29 is 17.9 Å². The van der Waals surface area contributed by atoms with Crippen molar-refractivity contribution in [2.75, 3.05) is 37.8 Å². The van der Waals surface area contributed by atoms with Gasteiger partial charge in [-0.2, -0.15) is 0 Å². The molecule has 0 radical (unpaired) electrons. The first-order chi connectivity index (χ1) is 14.2. The van der Waals surface area contributed by atoms with Gasteiger partial charge in [0.1, 0.15) is 12.4 Å². The number of hydrogen-bond acceptors (Lipinski definition) is 6. The smallest absolute Gasteiger partial charge is 0.235 e. The maximum absolute atomic E-state index is 12.8. The molecule has 0 aliphatic carbocycles. The van der Waals surface area contributed by atoms with Crippen LogP contribution in [0.5, 0.6) is 5.75 Å². The number of pyridine rings is 1. The van der Waals surface area contributed by atoms with Gasteiger partial charge >= 0.3 is 0 Å². The molecule has 1 fully saturated rings. The number of carbonyl (C=O) groups is 1. The number of nitrogens with one attached hydrogen (secondary N) is 1. The molecule has 0 unspecified atom stereocenters. The standard InChI is InChI=1S/C22H27N3O4S/c1-15-4-5-19-18(12-15)22(21(26)24-19)6-8-25(9-7-22)10-11-29-17-13-16(2)20(23-14-17)30(3,27)28/h4-5,12-14H,6-11H2,1-3H3,(H,24,26). The summed E-state index contributed by atoms with van der Waals surface area (Å²) in [6.07, 6.45) is 4.19. The third-order valence-electron chi connectivity index (χ3n) is 6.12. The molecule has 7 nitrogen and oxygen atoms in total. The Balaban J connectivity index is 1.34. The number of sulfone groups is 1. The fourth-order valence-corrected chi connectivity index (χ4v) is 5.37. The molecule has 1 saturated heterocycles. The first-order valence-electron chi connectivity index (χ1n) is 10.1. The van der Waals surface area contributed by atoms with Gasteiger partial charge in [-0.3, -0.25) is 9.69 Å². The average molecular weight is 430 g/mol. The summed E-state index contributed by atoms with van der Waals surface area (Å²) < 4.78 is 29.1. The van der Waals surface area contributed by atoms with E-state index in [0.29, 0.717) is 17.9 Å². The van der Waals surface area contributed by atoms with Crippen LogP contribution >= 0.6 is 0 Å². The highest BCUT2D eigenvalue weighted by molar-refractivity contribution is 7.90. The number of anilines is 1. The number of piperidine rings is 1. The summed E-state index contributed by atoms with van der Waals surface area (Å²) in [6, 6.07) is 7.88. The van der Waals surface area contributed by atoms with E-state index < -0.39 is 15.3 Å². The lowest BCUT2D eigenvalue weighted by atomic mass is 9.73. The molecule has 0 saturated carbocycles. The summed E-state index contributed by atoms with van der Waals surface area (Å²) in [6.45, 7) is 6.65. The van der Waals surface area contributed by atoms with Gasteiger partial charge in [0.25, 0.3) is 0 Å². The minimum atomic E-state index is -3.34. The number of nitrogens with zero attached hydrogens (tertiary/aromatic N) is 2. The number of carbonyl (C=O) groups excluding carboxylic acids is 1. The number of rotatable bonds is 5. The van der Waals surface area contributed by atoms with Crippen LogP contribution in [-0.4, -0.2) is 56.7 Å². The molecule has 2 aliphatic rings. The Kier molecular flexibility index (Phi) is 5.32. The zero-order valence-electron chi connectivity index (χ0n) is 17.6. The molecule has 1 N–H and O–H groups in total. The Morgan fingerprint density at radius 2 is 1.93 bits per heavy atom. The normalized spacial score (nSPS) is 18.3. The molecule has 1 aromatic carbocycles. The second-order valence-electron chi connectivity index (χ2n) is 8.34. The van der Waals surface area contributed by atoms with Crippen LogP contribution in [0.4, 0.5) is 5.69 Å². The van der Waals surface area contributed by atoms with Gasteiger partial charge in [0, 0.05) is 18.5 Å². The van der Waals surface area contributed by atoms with Gasteiger partial charge in [0.15, 0.2) is 14.9 Å². The fraction of sp³-hybridized carbons (Fsp3) is 0.455. The highest BCUT2D eigenvalue weighted by atomic mass is 32.2. The molecule has 1 amide bonds. The summed E-state index contributed by atoms with van der Waals surface area (Å²) in [4.78, 5) is 19.1. The summed E-state index contributed by atoms with van der Waals surface area (Å²) in [5.41, 5.74) is 3.42. The van der Waals surface area contributed by atoms with E-state index in [4.69, 9.17) is 4.74 Å². The van der Waals surface area contributed by atoms with E-state index in [9.17, 15) is 13.2 Å². The van der Waals surface area contributed by atoms with Gasteiger partial charge < -0.3 is 10.1 Å². The number of aromatic nitrogens is 1. The molecule has 1 spiro atoms. The van der Waals surface area contributed by atoms with Crippen LogP contribution in [0, 0.1) is 13.8 Å². The van der Waals surface area contributed by atoms with Crippen molar-refractivity contribution in [2.45, 2.75) is 37.1 Å². The van der Waals surface area contributed by atoms with Gasteiger partial charge in [0.05, 0.1) is 11.6 Å². The highest BCUT2D eigenvalue weighted by Crippen LogP contribution is 2.45. The summed E-state index contributed by atoms with van der Waals surface area (Å²) >= 11 is 0. The topological polar surface area (TPSA) is 88.6 Å². The Labute approximate surface area is 177 Å². The maximum Gasteiger partial charge on any atom is 0.235 e. The lowest BCUT2D eigenvalue weighted by Gasteiger charge is -2.38. The van der Waals surface area contributed by atoms with Crippen LogP contribution < -0.4 is 10.1 Å². The quantitative estimate of drug-likeness (QED) is 0.786. The maximum atomic E-state index is 12.8. The summed E-state index contributed by atoms with van der Waals surface area (Å²) in [5, 5.41) is 3.14. The fourth-order valence-electron chi connectivity index (χ4n) is 4.48. The molecule has 2 aromatic rings. The van der Waals surface area contributed by atoms with E-state index in [2.05, 4.69) is 28.2 Å². The van der Waals surface area contributed by atoms with Gasteiger partial charge in [-0.05, 0) is 63.0 Å². The van der Waals surface area contributed by atoms with Gasteiger partial charge in [0.2, 0.25) is 5.91 Å². The minimum absolute atomic E-state index is 0.0848. The molecule has 8 heteroatoms. The van der Waals surface area contributed by atoms with Crippen molar-refractivity contribution >= 4 is 21.4 Å². The second kappa shape index (κ2) is 7.67. The zero-order valence-corrected chi connectivity index (χ0v) is 18.4. The number of hydrogen-bond donors (Lipinski definition) is 1. The lowest BCUT2D eigenvalue weighted by molar-refractivity contribution is -0.122. The monoisotopic (exact) mass is 429 g/mol. The Hall–Kier alpha value is -2.45. The largest absolute Gasteiger partial charge is 0.491 e. The second-order valence-corrected chi connectivity index (χ2v) is 10.3. The van der Waals surface area contributed by atoms with Crippen LogP contribution in [0.15, 0.2) is 35.5 Å². The van der Waals surface area contributed by atoms with E-state index >= 15 is 0 Å². The number of ether oxygens (including phenoxy) is 1. The SMILES string of the molecule is Cc1ccc2c(c1)C1(CCN(CCOc3cnc(S(C)(=O)=O)c(C)c3)CC1)C(=O)N2. The Morgan fingerprint density at radius 3 is 2.60 bits per heavy atom. The van der Waals surface area contributed by atoms with Gasteiger partial charge in [-0.15, -0.1) is 0 Å². The zero-order chi connectivity index (χ0) is 21.5. The molecule has 0 bridgehead atoms. The lowest BCUT2D eigenvalue weighted by Crippen LogP contribution is -2.47. The number of likely N-dealkylation sites (tertiary alicyclic amines) is 1. The van der Waals surface area contributed by atoms with Crippen LogP contribution in [0.2, 0.25) is 0 Å². The van der Waals surface area contributed by atoms with Crippen LogP contribution in [0.3, 0.4) is 0 Å². The molecule has 2 aliphatic heterocycles. The van der Waals surface area contributed by atoms with E-state index in [0.717, 1.165) is 50.0 Å². The molecule has 30 heavy (non-hydrogen) atoms. The van der Waals surface area contributed by atoms with Crippen molar-refractivity contribution in [3.8, 4) is 5.75 Å². The minimum Gasteiger partial charge on any atom is -0.491 e. The Bertz CT molecular complexity index is 1090. The van der Waals surface area contributed by atoms with Crippen molar-refractivity contribution in [1.29, 1.82) is 0 Å². The van der Waals surface area contributed by atoms with E-state index in [1.54, 1.807) is 13.0 Å². The van der Waals surface area contributed by atoms with Gasteiger partial charge in [-0.1, -0.05) is 17.7 Å². The van der Waals surface area contributed by atoms with Gasteiger partial charge in [-0.25, -0.2) is 13.4 Å². The van der Waals surface area contributed by atoms with E-state index in [1.165, 1.54) is 11.8 Å². The highest BCUT2D eigenvalue weighted by Gasteiger charge is 2.48. The Morgan fingerprint density at radius 1 is 1.20 bits per heavy atom. The molecule has 4 rings (SSSR count). The van der Waals surface area contributed by atoms with E-state index in [1.807, 2.05) is 12.1 Å². The summed E-state index contributed by atoms with van der Waals surface area (Å²) in [5.74, 6) is 0.680. The number of aryl methyl sites for hydroxylation is 2. The first-order valence-corrected chi connectivity index (χ1v) is 12.0. The van der Waals surface area contributed by atoms with Crippen LogP contribution in [0.25, 0.3) is 0 Å². The first kappa shape index (κ1) is 20.8. The third kappa shape index (κ3) is 3.81. The van der Waals surface area contributed by atoms with Crippen LogP contribution in [0.1, 0.15) is 29.5 Å². The number of amides is 1. The molecular formula is C22H27N3O4S. The average Bonchev–Trinajstić information content (AvgIpc) is 2.94. The number of benzene rings is 1. The molecule has 3 heterocycles. The van der Waals surface area contributed by atoms with E-state index in [-0.39, 0.29) is 10.9 Å². The van der Waals surface area contributed by atoms with Crippen molar-refractivity contribution in [3.63, 3.8) is 0 Å². The predicted octanol–water partition coefficient (Wildman–Crippen LogP) is 2.47. The van der Waals surface area contributed by atoms with Crippen LogP contribution in [-0.2, 0) is 20.0 Å². The van der Waals surface area contributed by atoms with Crippen molar-refractivity contribution in [1.82, 2.24) is 9.88 Å². The predicted molar refractivity (Wildman–Crippen MR) is 115 cm³/mol. The molecule has 160 valence electrons. The molecule has 0 atom stereocenters. The van der Waals surface area contributed by atoms with Crippen molar-refractivity contribution in [3.05, 3.63) is 47.2 Å². The summed E-state index contributed by atoms with van der Waals surface area (Å²) in [7, 11) is -3.34.